The Labute approximate surface area is 202 Å². The zero-order valence-corrected chi connectivity index (χ0v) is 20.1. The second kappa shape index (κ2) is 8.33. The number of amides is 3. The number of fused-ring (bicyclic) bond motifs is 2. The number of para-hydroxylation sites is 2. The van der Waals surface area contributed by atoms with E-state index < -0.39 is 4.87 Å². The van der Waals surface area contributed by atoms with Crippen molar-refractivity contribution in [1.82, 2.24) is 0 Å². The third-order valence-corrected chi connectivity index (χ3v) is 7.64. The standard InChI is InChI=1S/C27H25N3O3S/c1-17-12-18(2)14-20(13-17)30-25(32)16-34-27(30)21-9-5-7-11-23(21)29(26(27)33)15-24(31)28-22-10-6-4-8-19(22)3/h4-14H,15-16H2,1-3H3,(H,28,31)/t27-/m1/s1. The van der Waals surface area contributed by atoms with E-state index in [0.29, 0.717) is 17.1 Å². The van der Waals surface area contributed by atoms with Gasteiger partial charge in [-0.3, -0.25) is 24.2 Å². The number of rotatable bonds is 4. The summed E-state index contributed by atoms with van der Waals surface area (Å²) >= 11 is 1.32. The number of carbonyl (C=O) groups is 3. The molecule has 3 amide bonds. The van der Waals surface area contributed by atoms with Crippen LogP contribution in [0, 0.1) is 20.8 Å². The molecule has 0 radical (unpaired) electrons. The highest BCUT2D eigenvalue weighted by Gasteiger charge is 2.61. The number of nitrogens with one attached hydrogen (secondary N) is 1. The Balaban J connectivity index is 1.54. The van der Waals surface area contributed by atoms with Crippen molar-refractivity contribution in [1.29, 1.82) is 0 Å². The van der Waals surface area contributed by atoms with E-state index in [1.807, 2.05) is 87.5 Å². The largest absolute Gasteiger partial charge is 0.324 e. The van der Waals surface area contributed by atoms with Crippen LogP contribution in [0.3, 0.4) is 0 Å². The average Bonchev–Trinajstić information content (AvgIpc) is 3.26. The minimum atomic E-state index is -1.23. The van der Waals surface area contributed by atoms with Crippen molar-refractivity contribution >= 4 is 46.5 Å². The summed E-state index contributed by atoms with van der Waals surface area (Å²) in [6.45, 7) is 5.73. The van der Waals surface area contributed by atoms with Crippen molar-refractivity contribution in [2.75, 3.05) is 27.4 Å². The molecule has 3 aromatic rings. The van der Waals surface area contributed by atoms with Gasteiger partial charge in [0, 0.05) is 16.9 Å². The van der Waals surface area contributed by atoms with Crippen LogP contribution in [0.2, 0.25) is 0 Å². The molecular weight excluding hydrogens is 446 g/mol. The van der Waals surface area contributed by atoms with Gasteiger partial charge in [-0.25, -0.2) is 0 Å². The fourth-order valence-corrected chi connectivity index (χ4v) is 6.20. The second-order valence-corrected chi connectivity index (χ2v) is 9.95. The van der Waals surface area contributed by atoms with Crippen molar-refractivity contribution in [3.8, 4) is 0 Å². The fourth-order valence-electron chi connectivity index (χ4n) is 4.84. The van der Waals surface area contributed by atoms with Gasteiger partial charge >= 0.3 is 0 Å². The van der Waals surface area contributed by atoms with Crippen molar-refractivity contribution in [2.24, 2.45) is 0 Å². The second-order valence-electron chi connectivity index (χ2n) is 8.78. The zero-order valence-electron chi connectivity index (χ0n) is 19.3. The molecule has 6 nitrogen and oxygen atoms in total. The predicted octanol–water partition coefficient (Wildman–Crippen LogP) is 4.53. The summed E-state index contributed by atoms with van der Waals surface area (Å²) < 4.78 is 0. The summed E-state index contributed by atoms with van der Waals surface area (Å²) in [5.74, 6) is -0.495. The first-order valence-electron chi connectivity index (χ1n) is 11.1. The van der Waals surface area contributed by atoms with Crippen molar-refractivity contribution in [3.05, 3.63) is 89.0 Å². The van der Waals surface area contributed by atoms with Gasteiger partial charge in [0.2, 0.25) is 16.7 Å². The highest BCUT2D eigenvalue weighted by molar-refractivity contribution is 8.02. The predicted molar refractivity (Wildman–Crippen MR) is 136 cm³/mol. The third-order valence-electron chi connectivity index (χ3n) is 6.25. The van der Waals surface area contributed by atoms with Crippen LogP contribution in [0.4, 0.5) is 17.1 Å². The Bertz CT molecular complexity index is 1320. The summed E-state index contributed by atoms with van der Waals surface area (Å²) in [5, 5.41) is 2.91. The molecule has 0 unspecified atom stereocenters. The molecule has 0 bridgehead atoms. The summed E-state index contributed by atoms with van der Waals surface area (Å²) in [6, 6.07) is 20.9. The van der Waals surface area contributed by atoms with Gasteiger partial charge < -0.3 is 5.32 Å². The summed E-state index contributed by atoms with van der Waals surface area (Å²) in [6.07, 6.45) is 0. The number of aryl methyl sites for hydroxylation is 3. The van der Waals surface area contributed by atoms with E-state index >= 15 is 0 Å². The van der Waals surface area contributed by atoms with Crippen molar-refractivity contribution in [3.63, 3.8) is 0 Å². The Morgan fingerprint density at radius 1 is 0.971 bits per heavy atom. The molecule has 172 valence electrons. The minimum Gasteiger partial charge on any atom is -0.324 e. The topological polar surface area (TPSA) is 69.7 Å². The van der Waals surface area contributed by atoms with Crippen LogP contribution in [0.25, 0.3) is 0 Å². The SMILES string of the molecule is Cc1cc(C)cc(N2C(=O)CS[C@]23C(=O)N(CC(=O)Nc2ccccc2C)c2ccccc23)c1. The maximum atomic E-state index is 14.1. The lowest BCUT2D eigenvalue weighted by Gasteiger charge is -2.33. The number of hydrogen-bond acceptors (Lipinski definition) is 4. The zero-order chi connectivity index (χ0) is 24.0. The van der Waals surface area contributed by atoms with E-state index in [1.54, 1.807) is 4.90 Å². The highest BCUT2D eigenvalue weighted by atomic mass is 32.2. The summed E-state index contributed by atoms with van der Waals surface area (Å²) in [4.78, 5) is 42.1. The first-order chi connectivity index (χ1) is 16.3. The van der Waals surface area contributed by atoms with Crippen LogP contribution < -0.4 is 15.1 Å². The quantitative estimate of drug-likeness (QED) is 0.607. The molecule has 7 heteroatoms. The number of carbonyl (C=O) groups excluding carboxylic acids is 3. The van der Waals surface area contributed by atoms with Crippen LogP contribution in [0.5, 0.6) is 0 Å². The van der Waals surface area contributed by atoms with Gasteiger partial charge in [-0.05, 0) is 61.7 Å². The molecule has 1 fully saturated rings. The van der Waals surface area contributed by atoms with Crippen LogP contribution in [0.15, 0.2) is 66.7 Å². The van der Waals surface area contributed by atoms with Crippen LogP contribution in [0.1, 0.15) is 22.3 Å². The lowest BCUT2D eigenvalue weighted by molar-refractivity contribution is -0.124. The van der Waals surface area contributed by atoms with Gasteiger partial charge in [0.1, 0.15) is 6.54 Å². The fraction of sp³-hybridized carbons (Fsp3) is 0.222. The van der Waals surface area contributed by atoms with Crippen LogP contribution >= 0.6 is 11.8 Å². The number of nitrogens with zero attached hydrogens (tertiary/aromatic N) is 2. The molecule has 1 spiro atoms. The molecule has 3 aromatic carbocycles. The Kier molecular flexibility index (Phi) is 5.44. The molecule has 2 aliphatic heterocycles. The van der Waals surface area contributed by atoms with E-state index in [0.717, 1.165) is 22.3 Å². The molecule has 2 heterocycles. The number of hydrogen-bond donors (Lipinski definition) is 1. The molecule has 1 N–H and O–H groups in total. The molecule has 5 rings (SSSR count). The normalized spacial score (nSPS) is 19.1. The smallest absolute Gasteiger partial charge is 0.269 e. The average molecular weight is 472 g/mol. The lowest BCUT2D eigenvalue weighted by Crippen LogP contribution is -2.51. The maximum Gasteiger partial charge on any atom is 0.269 e. The highest BCUT2D eigenvalue weighted by Crippen LogP contribution is 2.55. The van der Waals surface area contributed by atoms with E-state index in [-0.39, 0.29) is 30.0 Å². The molecule has 1 atom stereocenters. The van der Waals surface area contributed by atoms with Gasteiger partial charge in [-0.15, -0.1) is 11.8 Å². The third kappa shape index (κ3) is 3.47. The first-order valence-corrected chi connectivity index (χ1v) is 12.1. The van der Waals surface area contributed by atoms with E-state index in [1.165, 1.54) is 16.7 Å². The van der Waals surface area contributed by atoms with Gasteiger partial charge in [-0.2, -0.15) is 0 Å². The van der Waals surface area contributed by atoms with Crippen molar-refractivity contribution < 1.29 is 14.4 Å². The monoisotopic (exact) mass is 471 g/mol. The van der Waals surface area contributed by atoms with E-state index in [4.69, 9.17) is 0 Å². The van der Waals surface area contributed by atoms with Gasteiger partial charge in [0.25, 0.3) is 5.91 Å². The molecule has 0 saturated carbocycles. The minimum absolute atomic E-state index is 0.121. The number of thioether (sulfide) groups is 1. The molecular formula is C27H25N3O3S. The molecule has 34 heavy (non-hydrogen) atoms. The first kappa shape index (κ1) is 22.2. The lowest BCUT2D eigenvalue weighted by atomic mass is 10.0. The van der Waals surface area contributed by atoms with E-state index in [9.17, 15) is 14.4 Å². The number of anilines is 3. The Morgan fingerprint density at radius 3 is 2.38 bits per heavy atom. The maximum absolute atomic E-state index is 14.1. The van der Waals surface area contributed by atoms with Crippen LogP contribution in [-0.4, -0.2) is 30.0 Å². The van der Waals surface area contributed by atoms with Gasteiger partial charge in [0.05, 0.1) is 11.4 Å². The molecule has 1 saturated heterocycles. The van der Waals surface area contributed by atoms with Gasteiger partial charge in [-0.1, -0.05) is 42.5 Å². The summed E-state index contributed by atoms with van der Waals surface area (Å²) in [5.41, 5.74) is 5.78. The van der Waals surface area contributed by atoms with Crippen molar-refractivity contribution in [2.45, 2.75) is 25.6 Å². The molecule has 0 aliphatic carbocycles. The summed E-state index contributed by atoms with van der Waals surface area (Å²) in [7, 11) is 0. The molecule has 2 aliphatic rings. The Hall–Kier alpha value is -3.58. The number of benzene rings is 3. The molecule has 0 aromatic heterocycles. The van der Waals surface area contributed by atoms with Gasteiger partial charge in [0.15, 0.2) is 0 Å². The Morgan fingerprint density at radius 2 is 1.65 bits per heavy atom. The van der Waals surface area contributed by atoms with Crippen LogP contribution in [-0.2, 0) is 19.3 Å². The van der Waals surface area contributed by atoms with E-state index in [2.05, 4.69) is 5.32 Å².